The Bertz CT molecular complexity index is 936. The standard InChI is InChI=1S/C20H21N3O4/c1-13-7-8-17(26-3)16(11-13)21-18(24)9-10-19-22-23-20(27-19)14-5-4-6-15(12-14)25-2/h4-8,11-12H,9-10H2,1-3H3,(H,21,24). The van der Waals surface area contributed by atoms with Gasteiger partial charge in [0.1, 0.15) is 11.5 Å². The molecule has 0 atom stereocenters. The molecule has 0 aliphatic heterocycles. The number of benzene rings is 2. The Morgan fingerprint density at radius 2 is 1.96 bits per heavy atom. The van der Waals surface area contributed by atoms with Gasteiger partial charge >= 0.3 is 0 Å². The molecule has 0 radical (unpaired) electrons. The van der Waals surface area contributed by atoms with Crippen LogP contribution in [0.2, 0.25) is 0 Å². The quantitative estimate of drug-likeness (QED) is 0.686. The third-order valence-corrected chi connectivity index (χ3v) is 3.98. The number of hydrogen-bond acceptors (Lipinski definition) is 6. The van der Waals surface area contributed by atoms with Gasteiger partial charge in [-0.05, 0) is 42.8 Å². The van der Waals surface area contributed by atoms with E-state index in [1.54, 1.807) is 14.2 Å². The van der Waals surface area contributed by atoms with Crippen LogP contribution in [0.3, 0.4) is 0 Å². The number of nitrogens with one attached hydrogen (secondary N) is 1. The number of anilines is 1. The van der Waals surface area contributed by atoms with Crippen molar-refractivity contribution >= 4 is 11.6 Å². The molecule has 7 heteroatoms. The average Bonchev–Trinajstić information content (AvgIpc) is 3.16. The molecule has 0 aliphatic carbocycles. The summed E-state index contributed by atoms with van der Waals surface area (Å²) in [6, 6.07) is 13.0. The van der Waals surface area contributed by atoms with Crippen molar-refractivity contribution in [1.82, 2.24) is 10.2 Å². The topological polar surface area (TPSA) is 86.5 Å². The number of aryl methyl sites for hydroxylation is 2. The molecule has 1 aromatic heterocycles. The Labute approximate surface area is 157 Å². The molecule has 0 fully saturated rings. The van der Waals surface area contributed by atoms with Gasteiger partial charge in [0.2, 0.25) is 17.7 Å². The van der Waals surface area contributed by atoms with Gasteiger partial charge in [-0.3, -0.25) is 4.79 Å². The minimum absolute atomic E-state index is 0.153. The largest absolute Gasteiger partial charge is 0.497 e. The molecule has 0 spiro atoms. The van der Waals surface area contributed by atoms with Crippen LogP contribution in [0, 0.1) is 6.92 Å². The van der Waals surface area contributed by atoms with Gasteiger partial charge in [-0.1, -0.05) is 12.1 Å². The fourth-order valence-electron chi connectivity index (χ4n) is 2.58. The maximum atomic E-state index is 12.3. The molecule has 1 N–H and O–H groups in total. The lowest BCUT2D eigenvalue weighted by Crippen LogP contribution is -2.13. The van der Waals surface area contributed by atoms with Gasteiger partial charge in [0.25, 0.3) is 0 Å². The molecular formula is C20H21N3O4. The highest BCUT2D eigenvalue weighted by molar-refractivity contribution is 5.92. The maximum Gasteiger partial charge on any atom is 0.247 e. The molecule has 0 saturated heterocycles. The second kappa shape index (κ2) is 8.35. The highest BCUT2D eigenvalue weighted by Gasteiger charge is 2.13. The van der Waals surface area contributed by atoms with Crippen molar-refractivity contribution in [3.8, 4) is 23.0 Å². The minimum atomic E-state index is -0.153. The molecule has 0 aliphatic rings. The predicted octanol–water partition coefficient (Wildman–Crippen LogP) is 3.63. The van der Waals surface area contributed by atoms with Gasteiger partial charge in [0, 0.05) is 18.4 Å². The molecule has 27 heavy (non-hydrogen) atoms. The zero-order valence-electron chi connectivity index (χ0n) is 15.5. The summed E-state index contributed by atoms with van der Waals surface area (Å²) in [5.74, 6) is 1.97. The highest BCUT2D eigenvalue weighted by Crippen LogP contribution is 2.26. The third kappa shape index (κ3) is 4.63. The first-order valence-electron chi connectivity index (χ1n) is 8.50. The molecule has 140 valence electrons. The van der Waals surface area contributed by atoms with Gasteiger partial charge in [-0.2, -0.15) is 0 Å². The summed E-state index contributed by atoms with van der Waals surface area (Å²) in [5.41, 5.74) is 2.44. The van der Waals surface area contributed by atoms with Gasteiger partial charge < -0.3 is 19.2 Å². The molecule has 3 aromatic rings. The van der Waals surface area contributed by atoms with Crippen LogP contribution in [0.25, 0.3) is 11.5 Å². The van der Waals surface area contributed by atoms with E-state index >= 15 is 0 Å². The van der Waals surface area contributed by atoms with Crippen LogP contribution in [0.15, 0.2) is 46.9 Å². The smallest absolute Gasteiger partial charge is 0.247 e. The maximum absolute atomic E-state index is 12.3. The van der Waals surface area contributed by atoms with Crippen LogP contribution < -0.4 is 14.8 Å². The first-order valence-corrected chi connectivity index (χ1v) is 8.50. The van der Waals surface area contributed by atoms with Crippen LogP contribution in [0.4, 0.5) is 5.69 Å². The lowest BCUT2D eigenvalue weighted by atomic mass is 10.2. The number of nitrogens with zero attached hydrogens (tertiary/aromatic N) is 2. The van der Waals surface area contributed by atoms with Crippen molar-refractivity contribution in [3.05, 3.63) is 53.9 Å². The van der Waals surface area contributed by atoms with Crippen LogP contribution in [-0.2, 0) is 11.2 Å². The summed E-state index contributed by atoms with van der Waals surface area (Å²) in [7, 11) is 3.17. The first kappa shape index (κ1) is 18.4. The van der Waals surface area contributed by atoms with Crippen molar-refractivity contribution in [1.29, 1.82) is 0 Å². The van der Waals surface area contributed by atoms with E-state index in [-0.39, 0.29) is 12.3 Å². The number of methoxy groups -OCH3 is 2. The molecule has 3 rings (SSSR count). The van der Waals surface area contributed by atoms with Crippen LogP contribution >= 0.6 is 0 Å². The molecule has 2 aromatic carbocycles. The lowest BCUT2D eigenvalue weighted by Gasteiger charge is -2.10. The van der Waals surface area contributed by atoms with E-state index < -0.39 is 0 Å². The molecule has 0 saturated carbocycles. The monoisotopic (exact) mass is 367 g/mol. The molecular weight excluding hydrogens is 346 g/mol. The second-order valence-electron chi connectivity index (χ2n) is 5.98. The fraction of sp³-hybridized carbons (Fsp3) is 0.250. The number of amides is 1. The van der Waals surface area contributed by atoms with E-state index in [0.29, 0.717) is 35.4 Å². The summed E-state index contributed by atoms with van der Waals surface area (Å²) in [5, 5.41) is 10.9. The predicted molar refractivity (Wildman–Crippen MR) is 101 cm³/mol. The molecule has 0 bridgehead atoms. The Hall–Kier alpha value is -3.35. The van der Waals surface area contributed by atoms with Crippen LogP contribution in [-0.4, -0.2) is 30.3 Å². The zero-order valence-corrected chi connectivity index (χ0v) is 15.5. The Morgan fingerprint density at radius 3 is 2.74 bits per heavy atom. The molecule has 7 nitrogen and oxygen atoms in total. The van der Waals surface area contributed by atoms with Crippen LogP contribution in [0.1, 0.15) is 17.9 Å². The average molecular weight is 367 g/mol. The number of aromatic nitrogens is 2. The van der Waals surface area contributed by atoms with E-state index in [0.717, 1.165) is 11.1 Å². The number of ether oxygens (including phenoxy) is 2. The van der Waals surface area contributed by atoms with Crippen molar-refractivity contribution in [2.45, 2.75) is 19.8 Å². The summed E-state index contributed by atoms with van der Waals surface area (Å²) >= 11 is 0. The van der Waals surface area contributed by atoms with Gasteiger partial charge in [-0.25, -0.2) is 0 Å². The van der Waals surface area contributed by atoms with Crippen molar-refractivity contribution in [2.24, 2.45) is 0 Å². The normalized spacial score (nSPS) is 10.5. The second-order valence-corrected chi connectivity index (χ2v) is 5.98. The van der Waals surface area contributed by atoms with Gasteiger partial charge in [-0.15, -0.1) is 10.2 Å². The van der Waals surface area contributed by atoms with Crippen molar-refractivity contribution in [2.75, 3.05) is 19.5 Å². The lowest BCUT2D eigenvalue weighted by molar-refractivity contribution is -0.116. The van der Waals surface area contributed by atoms with E-state index in [2.05, 4.69) is 15.5 Å². The van der Waals surface area contributed by atoms with E-state index in [4.69, 9.17) is 13.9 Å². The van der Waals surface area contributed by atoms with Crippen molar-refractivity contribution < 1.29 is 18.7 Å². The molecule has 1 amide bonds. The highest BCUT2D eigenvalue weighted by atomic mass is 16.5. The zero-order chi connectivity index (χ0) is 19.2. The number of hydrogen-bond donors (Lipinski definition) is 1. The van der Waals surface area contributed by atoms with E-state index in [1.807, 2.05) is 49.4 Å². The molecule has 0 unspecified atom stereocenters. The van der Waals surface area contributed by atoms with E-state index in [9.17, 15) is 4.79 Å². The summed E-state index contributed by atoms with van der Waals surface area (Å²) in [4.78, 5) is 12.3. The SMILES string of the molecule is COc1cccc(-c2nnc(CCC(=O)Nc3cc(C)ccc3OC)o2)c1. The summed E-state index contributed by atoms with van der Waals surface area (Å²) < 4.78 is 16.1. The number of carbonyl (C=O) groups excluding carboxylic acids is 1. The van der Waals surface area contributed by atoms with Crippen molar-refractivity contribution in [3.63, 3.8) is 0 Å². The van der Waals surface area contributed by atoms with Crippen LogP contribution in [0.5, 0.6) is 11.5 Å². The first-order chi connectivity index (χ1) is 13.1. The third-order valence-electron chi connectivity index (χ3n) is 3.98. The number of rotatable bonds is 7. The van der Waals surface area contributed by atoms with E-state index in [1.165, 1.54) is 0 Å². The minimum Gasteiger partial charge on any atom is -0.497 e. The summed E-state index contributed by atoms with van der Waals surface area (Å²) in [6.07, 6.45) is 0.563. The Kier molecular flexibility index (Phi) is 5.71. The number of carbonyl (C=O) groups is 1. The van der Waals surface area contributed by atoms with Gasteiger partial charge in [0.05, 0.1) is 19.9 Å². The Balaban J connectivity index is 1.61. The molecule has 1 heterocycles. The Morgan fingerprint density at radius 1 is 1.11 bits per heavy atom. The van der Waals surface area contributed by atoms with Gasteiger partial charge in [0.15, 0.2) is 0 Å². The summed E-state index contributed by atoms with van der Waals surface area (Å²) in [6.45, 7) is 1.95. The fourth-order valence-corrected chi connectivity index (χ4v) is 2.58.